The monoisotopic (exact) mass is 193 g/mol. The number of rotatable bonds is 4. The highest BCUT2D eigenvalue weighted by Gasteiger charge is 1.98. The number of aliphatic hydroxyl groups is 1. The molecule has 3 heteroatoms. The van der Waals surface area contributed by atoms with Gasteiger partial charge in [0.1, 0.15) is 6.73 Å². The summed E-state index contributed by atoms with van der Waals surface area (Å²) < 4.78 is 5.03. The molecule has 14 heavy (non-hydrogen) atoms. The molecule has 0 amide bonds. The molecule has 76 valence electrons. The first-order valence-electron chi connectivity index (χ1n) is 4.48. The minimum absolute atomic E-state index is 0.166. The molecular weight excluding hydrogens is 178 g/mol. The smallest absolute Gasteiger partial charge is 0.134 e. The van der Waals surface area contributed by atoms with Gasteiger partial charge >= 0.3 is 0 Å². The molecule has 1 rings (SSSR count). The second kappa shape index (κ2) is 5.52. The van der Waals surface area contributed by atoms with E-state index in [4.69, 9.17) is 9.84 Å². The maximum Gasteiger partial charge on any atom is 0.134 e. The van der Waals surface area contributed by atoms with Crippen LogP contribution in [0.1, 0.15) is 18.1 Å². The summed E-state index contributed by atoms with van der Waals surface area (Å²) >= 11 is 0. The van der Waals surface area contributed by atoms with Crippen molar-refractivity contribution in [1.29, 1.82) is 0 Å². The quantitative estimate of drug-likeness (QED) is 0.738. The number of methoxy groups -OCH3 is 1. The van der Waals surface area contributed by atoms with Crippen LogP contribution in [0.15, 0.2) is 29.3 Å². The van der Waals surface area contributed by atoms with Crippen LogP contribution in [0.4, 0.5) is 0 Å². The molecule has 0 saturated heterocycles. The van der Waals surface area contributed by atoms with Crippen LogP contribution >= 0.6 is 0 Å². The Kier molecular flexibility index (Phi) is 4.29. The first kappa shape index (κ1) is 10.9. The van der Waals surface area contributed by atoms with Gasteiger partial charge in [-0.15, -0.1) is 0 Å². The number of aliphatic hydroxyl groups excluding tert-OH is 1. The van der Waals surface area contributed by atoms with Crippen molar-refractivity contribution in [3.8, 4) is 0 Å². The molecule has 0 aliphatic carbocycles. The van der Waals surface area contributed by atoms with E-state index >= 15 is 0 Å². The summed E-state index contributed by atoms with van der Waals surface area (Å²) in [7, 11) is 1.67. The average molecular weight is 193 g/mol. The largest absolute Gasteiger partial charge is 0.380 e. The molecule has 0 aliphatic heterocycles. The van der Waals surface area contributed by atoms with Crippen LogP contribution in [0.5, 0.6) is 0 Å². The second-order valence-electron chi connectivity index (χ2n) is 3.02. The molecule has 3 nitrogen and oxygen atoms in total. The Bertz CT molecular complexity index is 321. The Labute approximate surface area is 84.1 Å². The van der Waals surface area contributed by atoms with Gasteiger partial charge in [-0.25, -0.2) is 0 Å². The number of ether oxygens (including phenoxy) is 1. The SMILES string of the molecule is COCc1cccc(/C(C)=N/CO)c1. The van der Waals surface area contributed by atoms with Gasteiger partial charge in [0, 0.05) is 12.8 Å². The van der Waals surface area contributed by atoms with Crippen molar-refractivity contribution in [2.75, 3.05) is 13.8 Å². The Morgan fingerprint density at radius 2 is 2.29 bits per heavy atom. The minimum atomic E-state index is -0.166. The van der Waals surface area contributed by atoms with Gasteiger partial charge in [-0.2, -0.15) is 0 Å². The zero-order valence-corrected chi connectivity index (χ0v) is 8.53. The third-order valence-electron chi connectivity index (χ3n) is 1.96. The van der Waals surface area contributed by atoms with E-state index in [1.54, 1.807) is 7.11 Å². The molecule has 0 bridgehead atoms. The first-order chi connectivity index (χ1) is 6.77. The van der Waals surface area contributed by atoms with E-state index in [1.807, 2.05) is 31.2 Å². The van der Waals surface area contributed by atoms with Gasteiger partial charge in [-0.1, -0.05) is 18.2 Å². The van der Waals surface area contributed by atoms with Crippen LogP contribution < -0.4 is 0 Å². The molecule has 0 spiro atoms. The highest BCUT2D eigenvalue weighted by atomic mass is 16.5. The van der Waals surface area contributed by atoms with E-state index in [1.165, 1.54) is 0 Å². The van der Waals surface area contributed by atoms with Gasteiger partial charge in [0.15, 0.2) is 0 Å². The van der Waals surface area contributed by atoms with Gasteiger partial charge in [-0.05, 0) is 24.1 Å². The van der Waals surface area contributed by atoms with E-state index in [9.17, 15) is 0 Å². The Hall–Kier alpha value is -1.19. The molecule has 0 aliphatic rings. The summed E-state index contributed by atoms with van der Waals surface area (Å²) in [6, 6.07) is 7.94. The fourth-order valence-electron chi connectivity index (χ4n) is 1.25. The van der Waals surface area contributed by atoms with E-state index in [0.717, 1.165) is 16.8 Å². The first-order valence-corrected chi connectivity index (χ1v) is 4.48. The highest BCUT2D eigenvalue weighted by molar-refractivity contribution is 5.98. The second-order valence-corrected chi connectivity index (χ2v) is 3.02. The van der Waals surface area contributed by atoms with Crippen LogP contribution in [0.3, 0.4) is 0 Å². The fraction of sp³-hybridized carbons (Fsp3) is 0.364. The molecule has 0 radical (unpaired) electrons. The summed E-state index contributed by atoms with van der Waals surface area (Å²) in [5.41, 5.74) is 2.97. The highest BCUT2D eigenvalue weighted by Crippen LogP contribution is 2.07. The molecule has 1 N–H and O–H groups in total. The van der Waals surface area contributed by atoms with Crippen molar-refractivity contribution in [2.24, 2.45) is 4.99 Å². The van der Waals surface area contributed by atoms with Crippen LogP contribution in [0, 0.1) is 0 Å². The van der Waals surface area contributed by atoms with Gasteiger partial charge in [0.2, 0.25) is 0 Å². The summed E-state index contributed by atoms with van der Waals surface area (Å²) in [5, 5.41) is 8.66. The molecule has 0 aromatic heterocycles. The van der Waals surface area contributed by atoms with Gasteiger partial charge < -0.3 is 9.84 Å². The number of nitrogens with zero attached hydrogens (tertiary/aromatic N) is 1. The van der Waals surface area contributed by atoms with E-state index in [0.29, 0.717) is 6.61 Å². The lowest BCUT2D eigenvalue weighted by molar-refractivity contribution is 0.185. The van der Waals surface area contributed by atoms with Crippen LogP contribution in [0.25, 0.3) is 0 Å². The normalized spacial score (nSPS) is 11.8. The number of hydrogen-bond donors (Lipinski definition) is 1. The molecule has 0 unspecified atom stereocenters. The minimum Gasteiger partial charge on any atom is -0.380 e. The number of aliphatic imine (C=N–C) groups is 1. The van der Waals surface area contributed by atoms with Crippen molar-refractivity contribution < 1.29 is 9.84 Å². The lowest BCUT2D eigenvalue weighted by Crippen LogP contribution is -1.98. The van der Waals surface area contributed by atoms with Gasteiger partial charge in [0.25, 0.3) is 0 Å². The molecule has 0 atom stereocenters. The lowest BCUT2D eigenvalue weighted by atomic mass is 10.1. The predicted molar refractivity (Wildman–Crippen MR) is 56.5 cm³/mol. The average Bonchev–Trinajstić information content (AvgIpc) is 2.19. The van der Waals surface area contributed by atoms with Crippen molar-refractivity contribution in [1.82, 2.24) is 0 Å². The standard InChI is InChI=1S/C11H15NO2/c1-9(12-8-13)11-5-3-4-10(6-11)7-14-2/h3-6,13H,7-8H2,1-2H3/b12-9+. The summed E-state index contributed by atoms with van der Waals surface area (Å²) in [6.07, 6.45) is 0. The van der Waals surface area contributed by atoms with Gasteiger partial charge in [-0.3, -0.25) is 4.99 Å². The summed E-state index contributed by atoms with van der Waals surface area (Å²) in [4.78, 5) is 3.93. The molecular formula is C11H15NO2. The molecule has 0 fully saturated rings. The van der Waals surface area contributed by atoms with E-state index < -0.39 is 0 Å². The molecule has 0 saturated carbocycles. The van der Waals surface area contributed by atoms with Crippen LogP contribution in [-0.4, -0.2) is 24.7 Å². The summed E-state index contributed by atoms with van der Waals surface area (Å²) in [5.74, 6) is 0. The predicted octanol–water partition coefficient (Wildman–Crippen LogP) is 1.59. The van der Waals surface area contributed by atoms with Gasteiger partial charge in [0.05, 0.1) is 6.61 Å². The third-order valence-corrected chi connectivity index (χ3v) is 1.96. The Balaban J connectivity index is 2.87. The maximum atomic E-state index is 8.66. The molecule has 1 aromatic carbocycles. The number of hydrogen-bond acceptors (Lipinski definition) is 3. The van der Waals surface area contributed by atoms with Crippen LogP contribution in [-0.2, 0) is 11.3 Å². The summed E-state index contributed by atoms with van der Waals surface area (Å²) in [6.45, 7) is 2.31. The van der Waals surface area contributed by atoms with Crippen molar-refractivity contribution in [3.63, 3.8) is 0 Å². The third kappa shape index (κ3) is 2.94. The van der Waals surface area contributed by atoms with E-state index in [-0.39, 0.29) is 6.73 Å². The lowest BCUT2D eigenvalue weighted by Gasteiger charge is -2.03. The zero-order chi connectivity index (χ0) is 10.4. The molecule has 0 heterocycles. The number of benzene rings is 1. The maximum absolute atomic E-state index is 8.66. The Morgan fingerprint density at radius 3 is 2.93 bits per heavy atom. The van der Waals surface area contributed by atoms with Crippen molar-refractivity contribution in [3.05, 3.63) is 35.4 Å². The fourth-order valence-corrected chi connectivity index (χ4v) is 1.25. The van der Waals surface area contributed by atoms with E-state index in [2.05, 4.69) is 4.99 Å². The zero-order valence-electron chi connectivity index (χ0n) is 8.53. The Morgan fingerprint density at radius 1 is 1.50 bits per heavy atom. The van der Waals surface area contributed by atoms with Crippen LogP contribution in [0.2, 0.25) is 0 Å². The topological polar surface area (TPSA) is 41.8 Å². The van der Waals surface area contributed by atoms with Crippen molar-refractivity contribution in [2.45, 2.75) is 13.5 Å². The van der Waals surface area contributed by atoms with Crippen molar-refractivity contribution >= 4 is 5.71 Å². The molecule has 1 aromatic rings.